The van der Waals surface area contributed by atoms with Gasteiger partial charge in [-0.05, 0) is 36.6 Å². The highest BCUT2D eigenvalue weighted by Gasteiger charge is 2.10. The molecule has 3 rings (SSSR count). The molecule has 1 N–H and O–H groups in total. The Balaban J connectivity index is 1.59. The van der Waals surface area contributed by atoms with Crippen molar-refractivity contribution in [1.82, 2.24) is 15.3 Å². The predicted octanol–water partition coefficient (Wildman–Crippen LogP) is 6.16. The van der Waals surface area contributed by atoms with Crippen molar-refractivity contribution in [3.8, 4) is 28.3 Å². The van der Waals surface area contributed by atoms with Gasteiger partial charge in [-0.2, -0.15) is 0 Å². The highest BCUT2D eigenvalue weighted by Crippen LogP contribution is 2.29. The van der Waals surface area contributed by atoms with Gasteiger partial charge >= 0.3 is 6.09 Å². The van der Waals surface area contributed by atoms with Gasteiger partial charge in [-0.15, -0.1) is 0 Å². The van der Waals surface area contributed by atoms with Gasteiger partial charge in [0.1, 0.15) is 12.0 Å². The van der Waals surface area contributed by atoms with Crippen molar-refractivity contribution in [2.75, 3.05) is 6.54 Å². The number of ether oxygens (including phenoxy) is 1. The molecule has 1 aromatic carbocycles. The first-order valence-corrected chi connectivity index (χ1v) is 10.6. The molecule has 0 aliphatic rings. The molecule has 2 aromatic heterocycles. The van der Waals surface area contributed by atoms with E-state index in [1.165, 1.54) is 31.9 Å². The smallest absolute Gasteiger partial charge is 0.412 e. The molecule has 1 amide bonds. The number of hydrogen-bond donors (Lipinski definition) is 1. The Labute approximate surface area is 177 Å². The summed E-state index contributed by atoms with van der Waals surface area (Å²) >= 11 is 0. The third-order valence-corrected chi connectivity index (χ3v) is 4.94. The lowest BCUT2D eigenvalue weighted by Crippen LogP contribution is -2.27. The van der Waals surface area contributed by atoms with Gasteiger partial charge in [0.15, 0.2) is 0 Å². The first-order chi connectivity index (χ1) is 14.7. The Hall–Kier alpha value is -3.15. The van der Waals surface area contributed by atoms with Gasteiger partial charge in [-0.25, -0.2) is 9.78 Å². The molecule has 6 nitrogen and oxygen atoms in total. The third kappa shape index (κ3) is 6.17. The Bertz CT molecular complexity index is 939. The second kappa shape index (κ2) is 11.1. The zero-order valence-electron chi connectivity index (χ0n) is 17.7. The van der Waals surface area contributed by atoms with Gasteiger partial charge < -0.3 is 14.5 Å². The molecular formula is C24H29N3O3. The van der Waals surface area contributed by atoms with E-state index in [9.17, 15) is 4.79 Å². The maximum Gasteiger partial charge on any atom is 0.412 e. The average molecular weight is 408 g/mol. The number of aromatic nitrogens is 2. The molecule has 3 aromatic rings. The van der Waals surface area contributed by atoms with Gasteiger partial charge in [0.05, 0.1) is 11.8 Å². The van der Waals surface area contributed by atoms with E-state index in [2.05, 4.69) is 22.2 Å². The van der Waals surface area contributed by atoms with E-state index < -0.39 is 6.09 Å². The summed E-state index contributed by atoms with van der Waals surface area (Å²) in [6, 6.07) is 7.72. The van der Waals surface area contributed by atoms with Crippen molar-refractivity contribution in [3.05, 3.63) is 54.7 Å². The van der Waals surface area contributed by atoms with E-state index in [0.29, 0.717) is 18.2 Å². The Morgan fingerprint density at radius 1 is 1.03 bits per heavy atom. The van der Waals surface area contributed by atoms with Crippen LogP contribution in [0.5, 0.6) is 5.75 Å². The Morgan fingerprint density at radius 2 is 1.83 bits per heavy atom. The second-order valence-electron chi connectivity index (χ2n) is 7.36. The number of rotatable bonds is 10. The fourth-order valence-electron chi connectivity index (χ4n) is 3.20. The summed E-state index contributed by atoms with van der Waals surface area (Å²) in [4.78, 5) is 20.6. The van der Waals surface area contributed by atoms with Crippen molar-refractivity contribution in [3.63, 3.8) is 0 Å². The first kappa shape index (κ1) is 21.6. The van der Waals surface area contributed by atoms with Crippen LogP contribution < -0.4 is 10.1 Å². The van der Waals surface area contributed by atoms with Crippen molar-refractivity contribution in [2.24, 2.45) is 0 Å². The van der Waals surface area contributed by atoms with E-state index in [1.54, 1.807) is 18.6 Å². The number of oxazole rings is 1. The minimum atomic E-state index is -0.421. The van der Waals surface area contributed by atoms with Crippen LogP contribution >= 0.6 is 0 Å². The van der Waals surface area contributed by atoms with Crippen molar-refractivity contribution >= 4 is 6.09 Å². The Kier molecular flexibility index (Phi) is 8.01. The quantitative estimate of drug-likeness (QED) is 0.407. The lowest BCUT2D eigenvalue weighted by Gasteiger charge is -2.11. The summed E-state index contributed by atoms with van der Waals surface area (Å²) in [5.74, 6) is 1.05. The summed E-state index contributed by atoms with van der Waals surface area (Å²) in [5, 5.41) is 2.84. The van der Waals surface area contributed by atoms with Gasteiger partial charge in [0.2, 0.25) is 5.89 Å². The molecule has 30 heavy (non-hydrogen) atoms. The van der Waals surface area contributed by atoms with E-state index >= 15 is 0 Å². The van der Waals surface area contributed by atoms with Crippen LogP contribution in [0.15, 0.2) is 53.5 Å². The minimum absolute atomic E-state index is 0.421. The topological polar surface area (TPSA) is 77.2 Å². The molecule has 0 radical (unpaired) electrons. The van der Waals surface area contributed by atoms with Crippen LogP contribution in [0.3, 0.4) is 0 Å². The maximum atomic E-state index is 12.2. The highest BCUT2D eigenvalue weighted by atomic mass is 16.6. The van der Waals surface area contributed by atoms with E-state index in [0.717, 1.165) is 35.1 Å². The second-order valence-corrected chi connectivity index (χ2v) is 7.36. The Morgan fingerprint density at radius 3 is 2.63 bits per heavy atom. The fourth-order valence-corrected chi connectivity index (χ4v) is 3.20. The van der Waals surface area contributed by atoms with Gasteiger partial charge in [-0.3, -0.25) is 4.98 Å². The number of aryl methyl sites for hydroxylation is 1. The zero-order valence-corrected chi connectivity index (χ0v) is 17.7. The summed E-state index contributed by atoms with van der Waals surface area (Å²) < 4.78 is 10.9. The number of pyridine rings is 1. The van der Waals surface area contributed by atoms with E-state index in [-0.39, 0.29) is 0 Å². The standard InChI is InChI=1S/C24H29N3O3/c1-3-4-5-6-7-8-11-27-24(28)30-22-15-19(10-9-18(22)2)20-14-21(17-25-16-20)23-26-12-13-29-23/h9-10,12-17H,3-8,11H2,1-2H3,(H,27,28). The molecule has 0 atom stereocenters. The summed E-state index contributed by atoms with van der Waals surface area (Å²) in [6.45, 7) is 4.76. The highest BCUT2D eigenvalue weighted by molar-refractivity contribution is 5.74. The van der Waals surface area contributed by atoms with Crippen molar-refractivity contribution in [1.29, 1.82) is 0 Å². The molecule has 0 unspecified atom stereocenters. The molecule has 0 aliphatic carbocycles. The molecule has 6 heteroatoms. The lowest BCUT2D eigenvalue weighted by atomic mass is 10.0. The molecule has 0 saturated carbocycles. The number of unbranched alkanes of at least 4 members (excludes halogenated alkanes) is 5. The van der Waals surface area contributed by atoms with Crippen LogP contribution in [0.2, 0.25) is 0 Å². The normalized spacial score (nSPS) is 10.7. The first-order valence-electron chi connectivity index (χ1n) is 10.6. The predicted molar refractivity (Wildman–Crippen MR) is 117 cm³/mol. The molecule has 0 fully saturated rings. The molecular weight excluding hydrogens is 378 g/mol. The third-order valence-electron chi connectivity index (χ3n) is 4.94. The van der Waals surface area contributed by atoms with Crippen molar-refractivity contribution in [2.45, 2.75) is 52.4 Å². The van der Waals surface area contributed by atoms with Crippen LogP contribution in [0.25, 0.3) is 22.6 Å². The number of nitrogens with zero attached hydrogens (tertiary/aromatic N) is 2. The van der Waals surface area contributed by atoms with Crippen LogP contribution in [0.1, 0.15) is 51.0 Å². The number of carbonyl (C=O) groups excluding carboxylic acids is 1. The van der Waals surface area contributed by atoms with E-state index in [4.69, 9.17) is 9.15 Å². The lowest BCUT2D eigenvalue weighted by molar-refractivity contribution is 0.200. The number of amides is 1. The van der Waals surface area contributed by atoms with Crippen LogP contribution in [0, 0.1) is 6.92 Å². The number of hydrogen-bond acceptors (Lipinski definition) is 5. The van der Waals surface area contributed by atoms with Gasteiger partial charge in [0.25, 0.3) is 0 Å². The van der Waals surface area contributed by atoms with Gasteiger partial charge in [0, 0.05) is 24.5 Å². The number of nitrogens with one attached hydrogen (secondary N) is 1. The minimum Gasteiger partial charge on any atom is -0.444 e. The summed E-state index contributed by atoms with van der Waals surface area (Å²) in [7, 11) is 0. The molecule has 0 aliphatic heterocycles. The van der Waals surface area contributed by atoms with Crippen LogP contribution in [-0.2, 0) is 0 Å². The molecule has 2 heterocycles. The average Bonchev–Trinajstić information content (AvgIpc) is 3.30. The molecule has 0 spiro atoms. The summed E-state index contributed by atoms with van der Waals surface area (Å²) in [6.07, 6.45) is 13.3. The van der Waals surface area contributed by atoms with Crippen LogP contribution in [0.4, 0.5) is 4.79 Å². The summed E-state index contributed by atoms with van der Waals surface area (Å²) in [5.41, 5.74) is 3.48. The SMILES string of the molecule is CCCCCCCCNC(=O)Oc1cc(-c2cncc(-c3ncco3)c2)ccc1C. The fraction of sp³-hybridized carbons (Fsp3) is 0.375. The van der Waals surface area contributed by atoms with Crippen molar-refractivity contribution < 1.29 is 13.9 Å². The van der Waals surface area contributed by atoms with Gasteiger partial charge in [-0.1, -0.05) is 51.2 Å². The zero-order chi connectivity index (χ0) is 21.2. The monoisotopic (exact) mass is 407 g/mol. The van der Waals surface area contributed by atoms with Crippen LogP contribution in [-0.4, -0.2) is 22.6 Å². The largest absolute Gasteiger partial charge is 0.444 e. The number of carbonyl (C=O) groups is 1. The van der Waals surface area contributed by atoms with E-state index in [1.807, 2.05) is 31.2 Å². The number of benzene rings is 1. The molecule has 0 saturated heterocycles. The maximum absolute atomic E-state index is 12.2. The molecule has 0 bridgehead atoms. The molecule has 158 valence electrons.